The van der Waals surface area contributed by atoms with Crippen LogP contribution < -0.4 is 0 Å². The predicted molar refractivity (Wildman–Crippen MR) is 45.4 cm³/mol. The summed E-state index contributed by atoms with van der Waals surface area (Å²) in [4.78, 5) is 11.0. The molecule has 0 rings (SSSR count). The number of aliphatic hydroxyl groups excluding tert-OH is 2. The number of carbonyl (C=O) groups excluding carboxylic acids is 1. The summed E-state index contributed by atoms with van der Waals surface area (Å²) < 4.78 is -0.0914. The topological polar surface area (TPSA) is 57.5 Å². The van der Waals surface area contributed by atoms with Crippen LogP contribution in [0.4, 0.5) is 0 Å². The highest BCUT2D eigenvalue weighted by molar-refractivity contribution is 5.80. The van der Waals surface area contributed by atoms with Crippen molar-refractivity contribution in [3.63, 3.8) is 0 Å². The highest BCUT2D eigenvalue weighted by Crippen LogP contribution is 2.13. The molecule has 0 spiro atoms. The number of carbonyl (C=O) groups is 1. The molecule has 0 saturated carbocycles. The molecule has 1 unspecified atom stereocenters. The summed E-state index contributed by atoms with van der Waals surface area (Å²) in [6, 6.07) is -0.637. The van der Waals surface area contributed by atoms with Gasteiger partial charge in [0.05, 0.1) is 14.1 Å². The van der Waals surface area contributed by atoms with E-state index in [-0.39, 0.29) is 22.8 Å². The third-order valence-corrected chi connectivity index (χ3v) is 2.09. The first-order valence-corrected chi connectivity index (χ1v) is 3.67. The number of likely N-dealkylation sites (N-methyl/N-ethyl adjacent to an activating group) is 1. The summed E-state index contributed by atoms with van der Waals surface area (Å²) in [5, 5.41) is 18.0. The molecule has 0 aromatic carbocycles. The maximum absolute atomic E-state index is 11.0. The maximum atomic E-state index is 11.0. The molecule has 0 heterocycles. The Morgan fingerprint density at radius 1 is 1.58 bits per heavy atom. The molecule has 0 aromatic heterocycles. The van der Waals surface area contributed by atoms with E-state index in [2.05, 4.69) is 6.58 Å². The zero-order valence-electron chi connectivity index (χ0n) is 7.74. The van der Waals surface area contributed by atoms with Crippen molar-refractivity contribution in [2.24, 2.45) is 0 Å². The molecule has 0 radical (unpaired) electrons. The van der Waals surface area contributed by atoms with Gasteiger partial charge in [0.15, 0.2) is 11.8 Å². The van der Waals surface area contributed by atoms with Crippen LogP contribution in [0.3, 0.4) is 0 Å². The minimum absolute atomic E-state index is 0.0914. The van der Waals surface area contributed by atoms with E-state index in [9.17, 15) is 4.79 Å². The van der Waals surface area contributed by atoms with Gasteiger partial charge in [0, 0.05) is 13.5 Å². The van der Waals surface area contributed by atoms with Crippen LogP contribution in [-0.4, -0.2) is 47.2 Å². The number of hydrogen-bond acceptors (Lipinski definition) is 3. The zero-order chi connectivity index (χ0) is 9.94. The van der Waals surface area contributed by atoms with Gasteiger partial charge < -0.3 is 10.2 Å². The van der Waals surface area contributed by atoms with Gasteiger partial charge in [-0.05, 0) is 0 Å². The maximum Gasteiger partial charge on any atom is 0.281 e. The quantitative estimate of drug-likeness (QED) is 0.467. The second-order valence-electron chi connectivity index (χ2n) is 3.27. The Bertz CT molecular complexity index is 198. The fourth-order valence-corrected chi connectivity index (χ4v) is 0.967. The van der Waals surface area contributed by atoms with Gasteiger partial charge in [-0.3, -0.25) is 9.28 Å². The van der Waals surface area contributed by atoms with Crippen LogP contribution in [0.25, 0.3) is 0 Å². The van der Waals surface area contributed by atoms with Gasteiger partial charge in [0.2, 0.25) is 0 Å². The van der Waals surface area contributed by atoms with Crippen molar-refractivity contribution in [1.82, 2.24) is 0 Å². The minimum atomic E-state index is -0.637. The fraction of sp³-hybridized carbons (Fsp3) is 0.625. The molecule has 0 aromatic rings. The van der Waals surface area contributed by atoms with Gasteiger partial charge >= 0.3 is 0 Å². The van der Waals surface area contributed by atoms with Gasteiger partial charge in [-0.15, -0.1) is 0 Å². The number of Topliss-reactive ketones (excluding diaryl/α,β-unsaturated/α-hetero) is 1. The summed E-state index contributed by atoms with van der Waals surface area (Å²) in [7, 11) is 3.23. The van der Waals surface area contributed by atoms with E-state index in [1.807, 2.05) is 0 Å². The number of nitrogens with zero attached hydrogens (tertiary/aromatic N) is 1. The van der Waals surface area contributed by atoms with Crippen molar-refractivity contribution >= 4 is 5.78 Å². The Balaban J connectivity index is 4.71. The Hall–Kier alpha value is -0.870. The second-order valence-corrected chi connectivity index (χ2v) is 3.27. The molecule has 0 bridgehead atoms. The number of aliphatic hydroxyl groups is 2. The highest BCUT2D eigenvalue weighted by atomic mass is 16.3. The zero-order valence-corrected chi connectivity index (χ0v) is 7.74. The van der Waals surface area contributed by atoms with Crippen LogP contribution >= 0.6 is 0 Å². The first-order chi connectivity index (χ1) is 5.34. The molecule has 4 nitrogen and oxygen atoms in total. The van der Waals surface area contributed by atoms with Crippen molar-refractivity contribution in [1.29, 1.82) is 0 Å². The molecule has 0 aliphatic rings. The summed E-state index contributed by atoms with van der Waals surface area (Å²) in [6.45, 7) is 4.43. The van der Waals surface area contributed by atoms with Crippen molar-refractivity contribution in [2.75, 3.05) is 20.7 Å². The molecule has 4 heteroatoms. The van der Waals surface area contributed by atoms with E-state index in [0.717, 1.165) is 0 Å². The summed E-state index contributed by atoms with van der Waals surface area (Å²) in [5.41, 5.74) is 0. The lowest BCUT2D eigenvalue weighted by molar-refractivity contribution is -0.883. The van der Waals surface area contributed by atoms with Crippen LogP contribution in [0.1, 0.15) is 6.92 Å². The minimum Gasteiger partial charge on any atom is -0.468 e. The highest BCUT2D eigenvalue weighted by Gasteiger charge is 2.34. The molecular weight excluding hydrogens is 158 g/mol. The molecule has 0 fully saturated rings. The average molecular weight is 174 g/mol. The second kappa shape index (κ2) is 3.69. The van der Waals surface area contributed by atoms with Gasteiger partial charge in [-0.25, -0.2) is 0 Å². The Labute approximate surface area is 72.3 Å². The molecule has 70 valence electrons. The number of quaternary nitrogens is 1. The summed E-state index contributed by atoms with van der Waals surface area (Å²) >= 11 is 0. The van der Waals surface area contributed by atoms with Crippen LogP contribution in [0, 0.1) is 0 Å². The lowest BCUT2D eigenvalue weighted by Crippen LogP contribution is -2.53. The molecule has 0 amide bonds. The molecule has 0 aliphatic heterocycles. The fourth-order valence-electron chi connectivity index (χ4n) is 0.967. The standard InChI is InChI=1S/C8H15NO3/c1-6(11)8(5-10)9(3,4)7(2)12/h8,10H,2,5H2,1,3-4H3/p+1. The SMILES string of the molecule is C=C(O)[N+](C)(C)C(CO)C(C)=O. The monoisotopic (exact) mass is 174 g/mol. The van der Waals surface area contributed by atoms with Gasteiger partial charge in [-0.1, -0.05) is 0 Å². The van der Waals surface area contributed by atoms with E-state index in [4.69, 9.17) is 10.2 Å². The van der Waals surface area contributed by atoms with Crippen molar-refractivity contribution in [2.45, 2.75) is 13.0 Å². The summed E-state index contributed by atoms with van der Waals surface area (Å²) in [5.74, 6) is -0.304. The van der Waals surface area contributed by atoms with E-state index in [1.165, 1.54) is 6.92 Å². The molecule has 0 aliphatic carbocycles. The van der Waals surface area contributed by atoms with E-state index >= 15 is 0 Å². The van der Waals surface area contributed by atoms with Crippen molar-refractivity contribution in [3.05, 3.63) is 12.5 Å². The number of rotatable bonds is 4. The van der Waals surface area contributed by atoms with Gasteiger partial charge in [-0.2, -0.15) is 0 Å². The molecule has 0 saturated heterocycles. The molecule has 2 N–H and O–H groups in total. The van der Waals surface area contributed by atoms with E-state index in [0.29, 0.717) is 0 Å². The number of hydrogen-bond donors (Lipinski definition) is 2. The van der Waals surface area contributed by atoms with Crippen molar-refractivity contribution < 1.29 is 19.5 Å². The van der Waals surface area contributed by atoms with Crippen LogP contribution in [0.2, 0.25) is 0 Å². The van der Waals surface area contributed by atoms with E-state index < -0.39 is 6.04 Å². The van der Waals surface area contributed by atoms with Crippen LogP contribution in [0.15, 0.2) is 12.5 Å². The first kappa shape index (κ1) is 11.1. The van der Waals surface area contributed by atoms with Gasteiger partial charge in [0.1, 0.15) is 6.61 Å². The Morgan fingerprint density at radius 2 is 2.00 bits per heavy atom. The lowest BCUT2D eigenvalue weighted by Gasteiger charge is -2.32. The Morgan fingerprint density at radius 3 is 2.08 bits per heavy atom. The van der Waals surface area contributed by atoms with Crippen LogP contribution in [-0.2, 0) is 4.79 Å². The van der Waals surface area contributed by atoms with Gasteiger partial charge in [0.25, 0.3) is 5.88 Å². The Kier molecular flexibility index (Phi) is 3.42. The molecule has 1 atom stereocenters. The number of ketones is 1. The molecular formula is C8H16NO3+. The summed E-state index contributed by atoms with van der Waals surface area (Å²) in [6.07, 6.45) is 0. The smallest absolute Gasteiger partial charge is 0.281 e. The average Bonchev–Trinajstić information content (AvgIpc) is 1.86. The molecule has 12 heavy (non-hydrogen) atoms. The lowest BCUT2D eigenvalue weighted by atomic mass is 10.1. The van der Waals surface area contributed by atoms with Crippen molar-refractivity contribution in [3.8, 4) is 0 Å². The normalized spacial score (nSPS) is 14.0. The third kappa shape index (κ3) is 2.06. The largest absolute Gasteiger partial charge is 0.468 e. The van der Waals surface area contributed by atoms with Crippen LogP contribution in [0.5, 0.6) is 0 Å². The third-order valence-electron chi connectivity index (χ3n) is 2.09. The van der Waals surface area contributed by atoms with E-state index in [1.54, 1.807) is 14.1 Å². The predicted octanol–water partition coefficient (Wildman–Crippen LogP) is 0.0419. The first-order valence-electron chi connectivity index (χ1n) is 3.67.